The molecule has 3 N–H and O–H groups in total. The van der Waals surface area contributed by atoms with E-state index in [1.807, 2.05) is 0 Å². The molecule has 2 rings (SSSR count). The molecule has 0 fully saturated rings. The van der Waals surface area contributed by atoms with Gasteiger partial charge in [0.2, 0.25) is 0 Å². The lowest BCUT2D eigenvalue weighted by Gasteiger charge is -2.08. The maximum atomic E-state index is 12.2. The summed E-state index contributed by atoms with van der Waals surface area (Å²) in [6.07, 6.45) is 0. The van der Waals surface area contributed by atoms with Crippen molar-refractivity contribution < 1.29 is 19.1 Å². The van der Waals surface area contributed by atoms with E-state index >= 15 is 0 Å². The van der Waals surface area contributed by atoms with Gasteiger partial charge in [0.25, 0.3) is 11.8 Å². The van der Waals surface area contributed by atoms with E-state index < -0.39 is 5.91 Å². The summed E-state index contributed by atoms with van der Waals surface area (Å²) in [5.41, 5.74) is 6.04. The van der Waals surface area contributed by atoms with Crippen molar-refractivity contribution in [3.63, 3.8) is 0 Å². The van der Waals surface area contributed by atoms with Gasteiger partial charge in [-0.25, -0.2) is 0 Å². The third-order valence-electron chi connectivity index (χ3n) is 2.80. The van der Waals surface area contributed by atoms with Crippen LogP contribution in [0.2, 0.25) is 0 Å². The Labute approximate surface area is 127 Å². The van der Waals surface area contributed by atoms with Crippen LogP contribution in [0.5, 0.6) is 11.5 Å². The molecular formula is C16H16N2O4. The van der Waals surface area contributed by atoms with E-state index in [0.29, 0.717) is 22.7 Å². The fraction of sp³-hybridized carbons (Fsp3) is 0.125. The van der Waals surface area contributed by atoms with Gasteiger partial charge in [-0.15, -0.1) is 0 Å². The number of rotatable bonds is 6. The number of benzene rings is 2. The Morgan fingerprint density at radius 3 is 2.55 bits per heavy atom. The van der Waals surface area contributed by atoms with Crippen LogP contribution >= 0.6 is 0 Å². The monoisotopic (exact) mass is 300 g/mol. The Morgan fingerprint density at radius 2 is 1.82 bits per heavy atom. The van der Waals surface area contributed by atoms with Crippen LogP contribution in [-0.4, -0.2) is 25.5 Å². The van der Waals surface area contributed by atoms with E-state index in [4.69, 9.17) is 15.2 Å². The number of amides is 2. The molecule has 0 radical (unpaired) electrons. The molecule has 6 heteroatoms. The summed E-state index contributed by atoms with van der Waals surface area (Å²) in [6, 6.07) is 13.5. The molecule has 0 bridgehead atoms. The highest BCUT2D eigenvalue weighted by atomic mass is 16.5. The molecule has 114 valence electrons. The summed E-state index contributed by atoms with van der Waals surface area (Å²) >= 11 is 0. The lowest BCUT2D eigenvalue weighted by Crippen LogP contribution is -2.20. The zero-order valence-corrected chi connectivity index (χ0v) is 12.0. The minimum atomic E-state index is -0.578. The Morgan fingerprint density at radius 1 is 1.09 bits per heavy atom. The second kappa shape index (κ2) is 7.12. The van der Waals surface area contributed by atoms with Gasteiger partial charge in [-0.1, -0.05) is 12.1 Å². The van der Waals surface area contributed by atoms with E-state index in [9.17, 15) is 9.59 Å². The second-order valence-electron chi connectivity index (χ2n) is 4.47. The molecule has 0 aliphatic carbocycles. The predicted molar refractivity (Wildman–Crippen MR) is 82.1 cm³/mol. The summed E-state index contributed by atoms with van der Waals surface area (Å²) in [7, 11) is 1.56. The number of hydrogen-bond acceptors (Lipinski definition) is 4. The van der Waals surface area contributed by atoms with Crippen LogP contribution in [0.15, 0.2) is 48.5 Å². The third kappa shape index (κ3) is 4.24. The number of nitrogens with one attached hydrogen (secondary N) is 1. The van der Waals surface area contributed by atoms with Gasteiger partial charge in [0.05, 0.1) is 7.11 Å². The van der Waals surface area contributed by atoms with Crippen molar-refractivity contribution in [2.45, 2.75) is 0 Å². The van der Waals surface area contributed by atoms with Crippen LogP contribution in [0.25, 0.3) is 0 Å². The van der Waals surface area contributed by atoms with Crippen molar-refractivity contribution >= 4 is 17.5 Å². The summed E-state index contributed by atoms with van der Waals surface area (Å²) in [5, 5.41) is 2.76. The Bertz CT molecular complexity index is 685. The molecule has 0 saturated carbocycles. The summed E-state index contributed by atoms with van der Waals surface area (Å²) < 4.78 is 10.3. The van der Waals surface area contributed by atoms with Gasteiger partial charge in [-0.3, -0.25) is 9.59 Å². The van der Waals surface area contributed by atoms with Crippen molar-refractivity contribution in [1.82, 2.24) is 0 Å². The number of methoxy groups -OCH3 is 1. The molecule has 6 nitrogen and oxygen atoms in total. The fourth-order valence-corrected chi connectivity index (χ4v) is 1.79. The number of carbonyl (C=O) groups is 2. The average molecular weight is 300 g/mol. The zero-order chi connectivity index (χ0) is 15.9. The van der Waals surface area contributed by atoms with Gasteiger partial charge in [-0.05, 0) is 30.3 Å². The van der Waals surface area contributed by atoms with Crippen LogP contribution in [0.1, 0.15) is 10.4 Å². The first-order valence-corrected chi connectivity index (χ1v) is 6.55. The molecule has 0 aromatic heterocycles. The topological polar surface area (TPSA) is 90.7 Å². The molecule has 2 amide bonds. The van der Waals surface area contributed by atoms with E-state index in [2.05, 4.69) is 5.32 Å². The third-order valence-corrected chi connectivity index (χ3v) is 2.80. The quantitative estimate of drug-likeness (QED) is 0.851. The molecule has 2 aromatic carbocycles. The summed E-state index contributed by atoms with van der Waals surface area (Å²) in [6.45, 7) is -0.235. The highest BCUT2D eigenvalue weighted by molar-refractivity contribution is 6.04. The van der Waals surface area contributed by atoms with Crippen molar-refractivity contribution in [1.29, 1.82) is 0 Å². The summed E-state index contributed by atoms with van der Waals surface area (Å²) in [4.78, 5) is 22.9. The largest absolute Gasteiger partial charge is 0.497 e. The summed E-state index contributed by atoms with van der Waals surface area (Å²) in [5.74, 6) is 0.178. The van der Waals surface area contributed by atoms with Crippen LogP contribution < -0.4 is 20.5 Å². The number of primary amides is 1. The van der Waals surface area contributed by atoms with Crippen LogP contribution in [-0.2, 0) is 4.79 Å². The number of nitrogens with two attached hydrogens (primary N) is 1. The second-order valence-corrected chi connectivity index (χ2v) is 4.47. The van der Waals surface area contributed by atoms with E-state index in [0.717, 1.165) is 0 Å². The molecular weight excluding hydrogens is 284 g/mol. The smallest absolute Gasteiger partial charge is 0.255 e. The first-order valence-electron chi connectivity index (χ1n) is 6.55. The van der Waals surface area contributed by atoms with Gasteiger partial charge >= 0.3 is 0 Å². The minimum Gasteiger partial charge on any atom is -0.497 e. The molecule has 0 unspecified atom stereocenters. The molecule has 0 heterocycles. The highest BCUT2D eigenvalue weighted by Gasteiger charge is 2.08. The van der Waals surface area contributed by atoms with Crippen LogP contribution in [0.3, 0.4) is 0 Å². The van der Waals surface area contributed by atoms with Gasteiger partial charge in [0, 0.05) is 17.3 Å². The van der Waals surface area contributed by atoms with Crippen LogP contribution in [0, 0.1) is 0 Å². The van der Waals surface area contributed by atoms with Crippen LogP contribution in [0.4, 0.5) is 5.69 Å². The first kappa shape index (κ1) is 15.4. The van der Waals surface area contributed by atoms with Gasteiger partial charge in [0.15, 0.2) is 6.61 Å². The van der Waals surface area contributed by atoms with Crippen molar-refractivity contribution in [2.24, 2.45) is 5.73 Å². The maximum absolute atomic E-state index is 12.2. The molecule has 2 aromatic rings. The molecule has 0 saturated heterocycles. The first-order chi connectivity index (χ1) is 10.6. The van der Waals surface area contributed by atoms with Crippen molar-refractivity contribution in [3.05, 3.63) is 54.1 Å². The van der Waals surface area contributed by atoms with Crippen molar-refractivity contribution in [3.8, 4) is 11.5 Å². The van der Waals surface area contributed by atoms with Gasteiger partial charge in [-0.2, -0.15) is 0 Å². The standard InChI is InChI=1S/C16H16N2O4/c1-21-13-6-3-5-12(9-13)18-16(20)11-4-2-7-14(8-11)22-10-15(17)19/h2-9H,10H2,1H3,(H2,17,19)(H,18,20). The number of ether oxygens (including phenoxy) is 2. The fourth-order valence-electron chi connectivity index (χ4n) is 1.79. The van der Waals surface area contributed by atoms with E-state index in [1.54, 1.807) is 55.6 Å². The number of hydrogen-bond donors (Lipinski definition) is 2. The molecule has 0 atom stereocenters. The molecule has 0 spiro atoms. The predicted octanol–water partition coefficient (Wildman–Crippen LogP) is 1.81. The minimum absolute atomic E-state index is 0.235. The average Bonchev–Trinajstić information content (AvgIpc) is 2.53. The zero-order valence-electron chi connectivity index (χ0n) is 12.0. The Hall–Kier alpha value is -3.02. The lowest BCUT2D eigenvalue weighted by molar-refractivity contribution is -0.119. The van der Waals surface area contributed by atoms with E-state index in [1.165, 1.54) is 0 Å². The number of carbonyl (C=O) groups excluding carboxylic acids is 2. The maximum Gasteiger partial charge on any atom is 0.255 e. The van der Waals surface area contributed by atoms with Gasteiger partial charge < -0.3 is 20.5 Å². The van der Waals surface area contributed by atoms with Crippen molar-refractivity contribution in [2.75, 3.05) is 19.0 Å². The highest BCUT2D eigenvalue weighted by Crippen LogP contribution is 2.19. The molecule has 0 aliphatic rings. The Balaban J connectivity index is 2.08. The SMILES string of the molecule is COc1cccc(NC(=O)c2cccc(OCC(N)=O)c2)c1. The molecule has 0 aliphatic heterocycles. The van der Waals surface area contributed by atoms with Gasteiger partial charge in [0.1, 0.15) is 11.5 Å². The molecule has 22 heavy (non-hydrogen) atoms. The normalized spacial score (nSPS) is 9.86. The number of anilines is 1. The lowest BCUT2D eigenvalue weighted by atomic mass is 10.2. The Kier molecular flexibility index (Phi) is 4.98. The van der Waals surface area contributed by atoms with E-state index in [-0.39, 0.29) is 12.5 Å².